The zero-order valence-electron chi connectivity index (χ0n) is 10.2. The van der Waals surface area contributed by atoms with Gasteiger partial charge in [-0.15, -0.1) is 0 Å². The van der Waals surface area contributed by atoms with Gasteiger partial charge in [-0.05, 0) is 45.3 Å². The van der Waals surface area contributed by atoms with Crippen molar-refractivity contribution in [1.82, 2.24) is 10.2 Å². The second kappa shape index (κ2) is 5.72. The molecule has 3 unspecified atom stereocenters. The average molecular weight is 198 g/mol. The summed E-state index contributed by atoms with van der Waals surface area (Å²) in [6, 6.07) is 0.735. The van der Waals surface area contributed by atoms with Crippen LogP contribution in [-0.4, -0.2) is 37.6 Å². The van der Waals surface area contributed by atoms with Crippen molar-refractivity contribution in [3.63, 3.8) is 0 Å². The third-order valence-corrected chi connectivity index (χ3v) is 3.82. The van der Waals surface area contributed by atoms with Gasteiger partial charge in [-0.25, -0.2) is 0 Å². The third-order valence-electron chi connectivity index (χ3n) is 3.82. The van der Waals surface area contributed by atoms with Crippen molar-refractivity contribution in [3.8, 4) is 0 Å². The van der Waals surface area contributed by atoms with Gasteiger partial charge in [0.2, 0.25) is 0 Å². The van der Waals surface area contributed by atoms with Crippen molar-refractivity contribution < 1.29 is 0 Å². The van der Waals surface area contributed by atoms with Gasteiger partial charge in [0.15, 0.2) is 0 Å². The molecule has 2 nitrogen and oxygen atoms in total. The largest absolute Gasteiger partial charge is 0.319 e. The molecular formula is C12H26N2. The van der Waals surface area contributed by atoms with E-state index in [1.54, 1.807) is 0 Å². The molecule has 0 aromatic heterocycles. The Morgan fingerprint density at radius 2 is 2.14 bits per heavy atom. The maximum absolute atomic E-state index is 3.27. The SMILES string of the molecule is CCC1CCN(C(C)C(C)CNC)C1. The third kappa shape index (κ3) is 2.96. The van der Waals surface area contributed by atoms with Gasteiger partial charge in [0.1, 0.15) is 0 Å². The summed E-state index contributed by atoms with van der Waals surface area (Å²) < 4.78 is 0. The standard InChI is InChI=1S/C12H26N2/c1-5-12-6-7-14(9-12)11(3)10(2)8-13-4/h10-13H,5-9H2,1-4H3. The summed E-state index contributed by atoms with van der Waals surface area (Å²) >= 11 is 0. The molecule has 1 N–H and O–H groups in total. The summed E-state index contributed by atoms with van der Waals surface area (Å²) in [4.78, 5) is 2.66. The van der Waals surface area contributed by atoms with Gasteiger partial charge in [0, 0.05) is 12.6 Å². The Kier molecular flexibility index (Phi) is 4.90. The van der Waals surface area contributed by atoms with Crippen molar-refractivity contribution >= 4 is 0 Å². The van der Waals surface area contributed by atoms with Crippen LogP contribution in [0.3, 0.4) is 0 Å². The van der Waals surface area contributed by atoms with Crippen molar-refractivity contribution in [2.24, 2.45) is 11.8 Å². The fraction of sp³-hybridized carbons (Fsp3) is 1.00. The molecule has 1 aliphatic rings. The molecule has 14 heavy (non-hydrogen) atoms. The molecule has 0 bridgehead atoms. The summed E-state index contributed by atoms with van der Waals surface area (Å²) in [6.45, 7) is 10.8. The molecule has 1 saturated heterocycles. The lowest BCUT2D eigenvalue weighted by molar-refractivity contribution is 0.190. The van der Waals surface area contributed by atoms with E-state index >= 15 is 0 Å². The van der Waals surface area contributed by atoms with Crippen LogP contribution in [0.25, 0.3) is 0 Å². The van der Waals surface area contributed by atoms with Crippen LogP contribution in [0, 0.1) is 11.8 Å². The molecule has 0 saturated carbocycles. The summed E-state index contributed by atoms with van der Waals surface area (Å²) in [5.41, 5.74) is 0. The number of hydrogen-bond acceptors (Lipinski definition) is 2. The topological polar surface area (TPSA) is 15.3 Å². The first kappa shape index (κ1) is 12.0. The van der Waals surface area contributed by atoms with Crippen LogP contribution in [0.4, 0.5) is 0 Å². The minimum atomic E-state index is 0.735. The zero-order valence-corrected chi connectivity index (χ0v) is 10.2. The Morgan fingerprint density at radius 3 is 2.64 bits per heavy atom. The molecule has 0 aromatic rings. The molecule has 2 heteroatoms. The summed E-state index contributed by atoms with van der Waals surface area (Å²) in [5, 5.41) is 3.27. The molecular weight excluding hydrogens is 172 g/mol. The van der Waals surface area contributed by atoms with Gasteiger partial charge in [-0.3, -0.25) is 0 Å². The molecule has 3 atom stereocenters. The lowest BCUT2D eigenvalue weighted by atomic mass is 10.0. The van der Waals surface area contributed by atoms with E-state index in [0.717, 1.165) is 24.4 Å². The molecule has 84 valence electrons. The Hall–Kier alpha value is -0.0800. The molecule has 0 spiro atoms. The van der Waals surface area contributed by atoms with E-state index in [-0.39, 0.29) is 0 Å². The van der Waals surface area contributed by atoms with Crippen molar-refractivity contribution in [2.45, 2.75) is 39.7 Å². The van der Waals surface area contributed by atoms with Crippen LogP contribution >= 0.6 is 0 Å². The zero-order chi connectivity index (χ0) is 10.6. The molecule has 0 amide bonds. The summed E-state index contributed by atoms with van der Waals surface area (Å²) in [5.74, 6) is 1.72. The number of hydrogen-bond donors (Lipinski definition) is 1. The minimum absolute atomic E-state index is 0.735. The average Bonchev–Trinajstić information content (AvgIpc) is 2.65. The first-order valence-electron chi connectivity index (χ1n) is 6.07. The van der Waals surface area contributed by atoms with Gasteiger partial charge in [0.25, 0.3) is 0 Å². The number of nitrogens with one attached hydrogen (secondary N) is 1. The summed E-state index contributed by atoms with van der Waals surface area (Å²) in [7, 11) is 2.04. The first-order valence-corrected chi connectivity index (χ1v) is 6.07. The molecule has 0 radical (unpaired) electrons. The fourth-order valence-corrected chi connectivity index (χ4v) is 2.42. The van der Waals surface area contributed by atoms with Crippen LogP contribution < -0.4 is 5.32 Å². The first-order chi connectivity index (χ1) is 6.69. The second-order valence-corrected chi connectivity index (χ2v) is 4.83. The Bertz CT molecular complexity index is 158. The van der Waals surface area contributed by atoms with E-state index in [4.69, 9.17) is 0 Å². The minimum Gasteiger partial charge on any atom is -0.319 e. The van der Waals surface area contributed by atoms with Crippen LogP contribution in [0.15, 0.2) is 0 Å². The van der Waals surface area contributed by atoms with Gasteiger partial charge in [-0.1, -0.05) is 20.3 Å². The monoisotopic (exact) mass is 198 g/mol. The van der Waals surface area contributed by atoms with Crippen LogP contribution in [0.1, 0.15) is 33.6 Å². The Balaban J connectivity index is 2.34. The van der Waals surface area contributed by atoms with Crippen molar-refractivity contribution in [2.75, 3.05) is 26.7 Å². The smallest absolute Gasteiger partial charge is 0.0105 e. The predicted molar refractivity (Wildman–Crippen MR) is 62.5 cm³/mol. The molecule has 0 aromatic carbocycles. The van der Waals surface area contributed by atoms with E-state index in [1.807, 2.05) is 7.05 Å². The van der Waals surface area contributed by atoms with Crippen LogP contribution in [0.2, 0.25) is 0 Å². The highest BCUT2D eigenvalue weighted by atomic mass is 15.2. The maximum Gasteiger partial charge on any atom is 0.0105 e. The van der Waals surface area contributed by atoms with E-state index < -0.39 is 0 Å². The Labute approximate surface area is 89.1 Å². The van der Waals surface area contributed by atoms with Crippen molar-refractivity contribution in [1.29, 1.82) is 0 Å². The van der Waals surface area contributed by atoms with Gasteiger partial charge >= 0.3 is 0 Å². The van der Waals surface area contributed by atoms with Crippen LogP contribution in [-0.2, 0) is 0 Å². The van der Waals surface area contributed by atoms with E-state index in [0.29, 0.717) is 0 Å². The highest BCUT2D eigenvalue weighted by molar-refractivity contribution is 4.81. The molecule has 1 rings (SSSR count). The number of rotatable bonds is 5. The van der Waals surface area contributed by atoms with Gasteiger partial charge < -0.3 is 10.2 Å². The Morgan fingerprint density at radius 1 is 1.43 bits per heavy atom. The van der Waals surface area contributed by atoms with E-state index in [9.17, 15) is 0 Å². The predicted octanol–water partition coefficient (Wildman–Crippen LogP) is 1.96. The number of likely N-dealkylation sites (tertiary alicyclic amines) is 1. The molecule has 1 aliphatic heterocycles. The van der Waals surface area contributed by atoms with Gasteiger partial charge in [0.05, 0.1) is 0 Å². The quantitative estimate of drug-likeness (QED) is 0.726. The van der Waals surface area contributed by atoms with Crippen LogP contribution in [0.5, 0.6) is 0 Å². The highest BCUT2D eigenvalue weighted by Crippen LogP contribution is 2.23. The van der Waals surface area contributed by atoms with Gasteiger partial charge in [-0.2, -0.15) is 0 Å². The van der Waals surface area contributed by atoms with E-state index in [1.165, 1.54) is 25.9 Å². The molecule has 1 heterocycles. The van der Waals surface area contributed by atoms with E-state index in [2.05, 4.69) is 31.0 Å². The molecule has 0 aliphatic carbocycles. The maximum atomic E-state index is 3.27. The lowest BCUT2D eigenvalue weighted by Crippen LogP contribution is -2.39. The fourth-order valence-electron chi connectivity index (χ4n) is 2.42. The second-order valence-electron chi connectivity index (χ2n) is 4.83. The number of nitrogens with zero attached hydrogens (tertiary/aromatic N) is 1. The lowest BCUT2D eigenvalue weighted by Gasteiger charge is -2.29. The normalized spacial score (nSPS) is 27.9. The molecule has 1 fully saturated rings. The highest BCUT2D eigenvalue weighted by Gasteiger charge is 2.27. The summed E-state index contributed by atoms with van der Waals surface area (Å²) in [6.07, 6.45) is 2.76. The van der Waals surface area contributed by atoms with Crippen molar-refractivity contribution in [3.05, 3.63) is 0 Å².